The lowest BCUT2D eigenvalue weighted by atomic mass is 10.1. The third-order valence-corrected chi connectivity index (χ3v) is 6.10. The van der Waals surface area contributed by atoms with E-state index in [4.69, 9.17) is 9.47 Å². The summed E-state index contributed by atoms with van der Waals surface area (Å²) in [6.07, 6.45) is 6.32. The Morgan fingerprint density at radius 3 is 2.49 bits per heavy atom. The number of benzene rings is 3. The average Bonchev–Trinajstić information content (AvgIpc) is 3.45. The molecular weight excluding hydrogens is 469 g/mol. The molecule has 0 saturated carbocycles. The van der Waals surface area contributed by atoms with E-state index in [1.54, 1.807) is 24.4 Å². The predicted molar refractivity (Wildman–Crippen MR) is 145 cm³/mol. The van der Waals surface area contributed by atoms with Gasteiger partial charge in [-0.15, -0.1) is 6.58 Å². The van der Waals surface area contributed by atoms with Crippen LogP contribution in [0.4, 0.5) is 10.1 Å². The molecule has 6 nitrogen and oxygen atoms in total. The van der Waals surface area contributed by atoms with Gasteiger partial charge in [-0.05, 0) is 85.8 Å². The molecule has 0 bridgehead atoms. The summed E-state index contributed by atoms with van der Waals surface area (Å²) < 4.78 is 25.2. The van der Waals surface area contributed by atoms with Crippen molar-refractivity contribution in [2.45, 2.75) is 32.8 Å². The average molecular weight is 502 g/mol. The summed E-state index contributed by atoms with van der Waals surface area (Å²) in [6.45, 7) is 8.58. The van der Waals surface area contributed by atoms with Crippen molar-refractivity contribution in [3.8, 4) is 11.5 Å². The quantitative estimate of drug-likeness (QED) is 0.202. The van der Waals surface area contributed by atoms with Crippen molar-refractivity contribution in [3.63, 3.8) is 0 Å². The number of hydrogen-bond donors (Lipinski definition) is 1. The summed E-state index contributed by atoms with van der Waals surface area (Å²) in [4.78, 5) is 14.9. The largest absolute Gasteiger partial charge is 0.490 e. The fourth-order valence-electron chi connectivity index (χ4n) is 4.26. The van der Waals surface area contributed by atoms with Crippen molar-refractivity contribution in [1.82, 2.24) is 5.43 Å². The number of amides is 1. The number of ether oxygens (including phenoxy) is 2. The lowest BCUT2D eigenvalue weighted by molar-refractivity contribution is 0.0955. The maximum absolute atomic E-state index is 13.2. The standard InChI is InChI=1S/C30H32FN3O3/c1-3-7-25-18-23(19-28(36-4-2)29(25)37-21-22-8-12-26(31)13-9-22)20-32-33-30(35)24-10-14-27(15-11-24)34-16-5-6-17-34/h3,8-15,18-20H,1,4-7,16-17,21H2,2H3,(H,33,35)/b32-20-. The van der Waals surface area contributed by atoms with Gasteiger partial charge < -0.3 is 14.4 Å². The van der Waals surface area contributed by atoms with Gasteiger partial charge in [0, 0.05) is 29.9 Å². The van der Waals surface area contributed by atoms with Crippen LogP contribution in [-0.4, -0.2) is 31.8 Å². The molecule has 1 N–H and O–H groups in total. The first-order valence-corrected chi connectivity index (χ1v) is 12.5. The van der Waals surface area contributed by atoms with E-state index < -0.39 is 0 Å². The first kappa shape index (κ1) is 25.9. The van der Waals surface area contributed by atoms with Gasteiger partial charge in [-0.2, -0.15) is 5.10 Å². The van der Waals surface area contributed by atoms with Gasteiger partial charge in [-0.3, -0.25) is 4.79 Å². The highest BCUT2D eigenvalue weighted by atomic mass is 19.1. The molecule has 192 valence electrons. The third-order valence-electron chi connectivity index (χ3n) is 6.10. The topological polar surface area (TPSA) is 63.2 Å². The number of anilines is 1. The Morgan fingerprint density at radius 1 is 1.08 bits per heavy atom. The number of nitrogens with zero attached hydrogens (tertiary/aromatic N) is 2. The molecule has 37 heavy (non-hydrogen) atoms. The van der Waals surface area contributed by atoms with Crippen LogP contribution in [0.15, 0.2) is 78.4 Å². The summed E-state index contributed by atoms with van der Waals surface area (Å²) in [5, 5.41) is 4.16. The van der Waals surface area contributed by atoms with Crippen molar-refractivity contribution >= 4 is 17.8 Å². The van der Waals surface area contributed by atoms with Gasteiger partial charge in [0.05, 0.1) is 12.8 Å². The number of carbonyl (C=O) groups is 1. The fraction of sp³-hybridized carbons (Fsp3) is 0.267. The molecule has 1 aliphatic heterocycles. The number of carbonyl (C=O) groups excluding carboxylic acids is 1. The van der Waals surface area contributed by atoms with Crippen LogP contribution in [0, 0.1) is 5.82 Å². The Kier molecular flexibility index (Phi) is 8.92. The maximum Gasteiger partial charge on any atom is 0.271 e. The van der Waals surface area contributed by atoms with Crippen molar-refractivity contribution in [2.75, 3.05) is 24.6 Å². The molecule has 0 aromatic heterocycles. The fourth-order valence-corrected chi connectivity index (χ4v) is 4.26. The molecule has 1 amide bonds. The van der Waals surface area contributed by atoms with E-state index in [1.165, 1.54) is 25.0 Å². The molecule has 1 heterocycles. The van der Waals surface area contributed by atoms with E-state index in [1.807, 2.05) is 43.3 Å². The molecule has 7 heteroatoms. The SMILES string of the molecule is C=CCc1cc(/C=N\NC(=O)c2ccc(N3CCCC3)cc2)cc(OCC)c1OCc1ccc(F)cc1. The van der Waals surface area contributed by atoms with Crippen LogP contribution in [0.3, 0.4) is 0 Å². The third kappa shape index (κ3) is 6.97. The van der Waals surface area contributed by atoms with E-state index >= 15 is 0 Å². The van der Waals surface area contributed by atoms with Crippen molar-refractivity contribution < 1.29 is 18.7 Å². The zero-order valence-electron chi connectivity index (χ0n) is 21.1. The summed E-state index contributed by atoms with van der Waals surface area (Å²) in [5.74, 6) is 0.598. The Labute approximate surface area is 217 Å². The molecule has 3 aromatic rings. The molecule has 0 unspecified atom stereocenters. The molecule has 0 radical (unpaired) electrons. The highest BCUT2D eigenvalue weighted by Gasteiger charge is 2.15. The number of hydrazone groups is 1. The predicted octanol–water partition coefficient (Wildman–Crippen LogP) is 5.90. The number of halogens is 1. The van der Waals surface area contributed by atoms with Gasteiger partial charge in [-0.1, -0.05) is 18.2 Å². The molecule has 0 atom stereocenters. The number of rotatable bonds is 11. The molecule has 1 saturated heterocycles. The molecule has 3 aromatic carbocycles. The van der Waals surface area contributed by atoms with Crippen molar-refractivity contribution in [2.24, 2.45) is 5.10 Å². The van der Waals surface area contributed by atoms with Gasteiger partial charge in [0.2, 0.25) is 0 Å². The smallest absolute Gasteiger partial charge is 0.271 e. The van der Waals surface area contributed by atoms with Crippen LogP contribution in [0.25, 0.3) is 0 Å². The summed E-state index contributed by atoms with van der Waals surface area (Å²) in [6, 6.07) is 17.5. The van der Waals surface area contributed by atoms with Crippen molar-refractivity contribution in [3.05, 3.63) is 101 Å². The van der Waals surface area contributed by atoms with Gasteiger partial charge in [-0.25, -0.2) is 9.82 Å². The Morgan fingerprint density at radius 2 is 1.81 bits per heavy atom. The molecule has 1 fully saturated rings. The van der Waals surface area contributed by atoms with Crippen LogP contribution in [-0.2, 0) is 13.0 Å². The summed E-state index contributed by atoms with van der Waals surface area (Å²) in [5.41, 5.74) is 6.74. The first-order chi connectivity index (χ1) is 18.1. The summed E-state index contributed by atoms with van der Waals surface area (Å²) >= 11 is 0. The van der Waals surface area contributed by atoms with E-state index in [-0.39, 0.29) is 18.3 Å². The number of allylic oxidation sites excluding steroid dienone is 1. The molecule has 0 aliphatic carbocycles. The van der Waals surface area contributed by atoms with Gasteiger partial charge in [0.25, 0.3) is 5.91 Å². The number of nitrogens with one attached hydrogen (secondary N) is 1. The lowest BCUT2D eigenvalue weighted by Gasteiger charge is -2.17. The van der Waals surface area contributed by atoms with Gasteiger partial charge in [0.1, 0.15) is 12.4 Å². The van der Waals surface area contributed by atoms with Crippen LogP contribution < -0.4 is 19.8 Å². The highest BCUT2D eigenvalue weighted by Crippen LogP contribution is 2.34. The second kappa shape index (κ2) is 12.7. The number of hydrogen-bond acceptors (Lipinski definition) is 5. The second-order valence-corrected chi connectivity index (χ2v) is 8.79. The monoisotopic (exact) mass is 501 g/mol. The zero-order chi connectivity index (χ0) is 26.0. The Balaban J connectivity index is 1.46. The van der Waals surface area contributed by atoms with Gasteiger partial charge >= 0.3 is 0 Å². The normalized spacial score (nSPS) is 13.1. The minimum absolute atomic E-state index is 0.268. The van der Waals surface area contributed by atoms with Gasteiger partial charge in [0.15, 0.2) is 11.5 Å². The second-order valence-electron chi connectivity index (χ2n) is 8.79. The van der Waals surface area contributed by atoms with E-state index in [0.29, 0.717) is 30.1 Å². The minimum atomic E-state index is -0.291. The minimum Gasteiger partial charge on any atom is -0.490 e. The van der Waals surface area contributed by atoms with E-state index in [2.05, 4.69) is 22.0 Å². The molecular formula is C30H32FN3O3. The van der Waals surface area contributed by atoms with Crippen LogP contribution in [0.1, 0.15) is 46.8 Å². The van der Waals surface area contributed by atoms with Crippen LogP contribution >= 0.6 is 0 Å². The first-order valence-electron chi connectivity index (χ1n) is 12.5. The van der Waals surface area contributed by atoms with E-state index in [0.717, 1.165) is 35.5 Å². The highest BCUT2D eigenvalue weighted by molar-refractivity contribution is 5.95. The maximum atomic E-state index is 13.2. The molecule has 0 spiro atoms. The lowest BCUT2D eigenvalue weighted by Crippen LogP contribution is -2.19. The Hall–Kier alpha value is -4.13. The molecule has 1 aliphatic rings. The zero-order valence-corrected chi connectivity index (χ0v) is 21.1. The Bertz CT molecular complexity index is 1230. The van der Waals surface area contributed by atoms with Crippen LogP contribution in [0.5, 0.6) is 11.5 Å². The van der Waals surface area contributed by atoms with E-state index in [9.17, 15) is 9.18 Å². The summed E-state index contributed by atoms with van der Waals surface area (Å²) in [7, 11) is 0. The van der Waals surface area contributed by atoms with Crippen molar-refractivity contribution in [1.29, 1.82) is 0 Å². The molecule has 4 rings (SSSR count). The van der Waals surface area contributed by atoms with Crippen LogP contribution in [0.2, 0.25) is 0 Å².